The molecule has 1 aromatic carbocycles. The summed E-state index contributed by atoms with van der Waals surface area (Å²) >= 11 is 0. The molecule has 0 fully saturated rings. The van der Waals surface area contributed by atoms with E-state index in [1.165, 1.54) is 12.3 Å². The van der Waals surface area contributed by atoms with Gasteiger partial charge in [-0.05, 0) is 30.7 Å². The molecule has 0 saturated carbocycles. The minimum Gasteiger partial charge on any atom is -0.481 e. The van der Waals surface area contributed by atoms with Crippen LogP contribution in [0.4, 0.5) is 4.39 Å². The van der Waals surface area contributed by atoms with Crippen LogP contribution >= 0.6 is 0 Å². The van der Waals surface area contributed by atoms with E-state index >= 15 is 0 Å². The Balaban J connectivity index is 1.81. The van der Waals surface area contributed by atoms with Crippen LogP contribution < -0.4 is 10.1 Å². The first kappa shape index (κ1) is 13.1. The van der Waals surface area contributed by atoms with Crippen molar-refractivity contribution in [1.82, 2.24) is 5.32 Å². The fourth-order valence-corrected chi connectivity index (χ4v) is 1.53. The Morgan fingerprint density at radius 3 is 2.95 bits per heavy atom. The van der Waals surface area contributed by atoms with Crippen LogP contribution in [-0.4, -0.2) is 12.5 Å². The number of rotatable bonds is 5. The van der Waals surface area contributed by atoms with Crippen molar-refractivity contribution in [3.8, 4) is 5.75 Å². The van der Waals surface area contributed by atoms with Gasteiger partial charge in [-0.25, -0.2) is 4.39 Å². The Morgan fingerprint density at radius 1 is 1.37 bits per heavy atom. The Labute approximate surface area is 110 Å². The van der Waals surface area contributed by atoms with Crippen LogP contribution in [0.5, 0.6) is 5.75 Å². The van der Waals surface area contributed by atoms with Gasteiger partial charge in [0.05, 0.1) is 12.8 Å². The maximum absolute atomic E-state index is 13.6. The molecule has 19 heavy (non-hydrogen) atoms. The minimum absolute atomic E-state index is 0.0770. The van der Waals surface area contributed by atoms with Gasteiger partial charge in [0, 0.05) is 0 Å². The van der Waals surface area contributed by atoms with Gasteiger partial charge in [-0.2, -0.15) is 0 Å². The molecule has 0 aliphatic rings. The van der Waals surface area contributed by atoms with Crippen LogP contribution in [0.3, 0.4) is 0 Å². The molecule has 0 atom stereocenters. The first-order valence-electron chi connectivity index (χ1n) is 5.84. The Bertz CT molecular complexity index is 552. The number of benzene rings is 1. The summed E-state index contributed by atoms with van der Waals surface area (Å²) in [6, 6.07) is 8.29. The van der Waals surface area contributed by atoms with Crippen molar-refractivity contribution in [2.45, 2.75) is 13.5 Å². The maximum atomic E-state index is 13.6. The normalized spacial score (nSPS) is 10.2. The second kappa shape index (κ2) is 6.04. The van der Waals surface area contributed by atoms with Crippen molar-refractivity contribution in [2.24, 2.45) is 0 Å². The molecule has 1 aromatic heterocycles. The summed E-state index contributed by atoms with van der Waals surface area (Å²) in [5, 5.41) is 2.61. The number of carbonyl (C=O) groups excluding carboxylic acids is 1. The molecule has 2 aromatic rings. The molecule has 0 unspecified atom stereocenters. The number of carbonyl (C=O) groups is 1. The van der Waals surface area contributed by atoms with Crippen LogP contribution in [0.1, 0.15) is 11.3 Å². The van der Waals surface area contributed by atoms with E-state index in [-0.39, 0.29) is 24.8 Å². The molecule has 1 heterocycles. The molecule has 4 nitrogen and oxygen atoms in total. The van der Waals surface area contributed by atoms with Gasteiger partial charge < -0.3 is 14.5 Å². The third kappa shape index (κ3) is 3.58. The predicted molar refractivity (Wildman–Crippen MR) is 67.2 cm³/mol. The van der Waals surface area contributed by atoms with Crippen molar-refractivity contribution in [3.05, 3.63) is 53.7 Å². The van der Waals surface area contributed by atoms with E-state index in [0.717, 1.165) is 0 Å². The van der Waals surface area contributed by atoms with Gasteiger partial charge in [0.2, 0.25) is 0 Å². The Kier molecular flexibility index (Phi) is 4.18. The maximum Gasteiger partial charge on any atom is 0.258 e. The molecule has 0 spiro atoms. The third-order valence-corrected chi connectivity index (χ3v) is 2.56. The quantitative estimate of drug-likeness (QED) is 0.901. The van der Waals surface area contributed by atoms with Crippen LogP contribution in [0.2, 0.25) is 0 Å². The molecule has 0 aliphatic carbocycles. The molecular formula is C14H14FNO3. The molecule has 0 aliphatic heterocycles. The number of ether oxygens (including phenoxy) is 1. The van der Waals surface area contributed by atoms with E-state index in [9.17, 15) is 9.18 Å². The average molecular weight is 263 g/mol. The number of aryl methyl sites for hydroxylation is 1. The monoisotopic (exact) mass is 263 g/mol. The molecule has 0 radical (unpaired) electrons. The van der Waals surface area contributed by atoms with E-state index in [0.29, 0.717) is 11.3 Å². The van der Waals surface area contributed by atoms with Crippen molar-refractivity contribution >= 4 is 5.91 Å². The van der Waals surface area contributed by atoms with Gasteiger partial charge in [-0.15, -0.1) is 0 Å². The van der Waals surface area contributed by atoms with Crippen molar-refractivity contribution in [2.75, 3.05) is 6.61 Å². The molecule has 0 saturated heterocycles. The highest BCUT2D eigenvalue weighted by Gasteiger charge is 2.08. The smallest absolute Gasteiger partial charge is 0.258 e. The van der Waals surface area contributed by atoms with Gasteiger partial charge in [-0.3, -0.25) is 4.79 Å². The minimum atomic E-state index is -0.443. The zero-order chi connectivity index (χ0) is 13.7. The lowest BCUT2D eigenvalue weighted by Gasteiger charge is -2.08. The highest BCUT2D eigenvalue weighted by atomic mass is 19.1. The summed E-state index contributed by atoms with van der Waals surface area (Å²) in [5.74, 6) is -0.0538. The summed E-state index contributed by atoms with van der Waals surface area (Å²) in [5.41, 5.74) is 0.480. The lowest BCUT2D eigenvalue weighted by Crippen LogP contribution is -2.28. The third-order valence-electron chi connectivity index (χ3n) is 2.56. The number of nitrogens with one attached hydrogen (secondary N) is 1. The highest BCUT2D eigenvalue weighted by Crippen LogP contribution is 2.19. The number of furan rings is 1. The van der Waals surface area contributed by atoms with Gasteiger partial charge in [0.15, 0.2) is 18.2 Å². The zero-order valence-electron chi connectivity index (χ0n) is 10.5. The van der Waals surface area contributed by atoms with Crippen molar-refractivity contribution < 1.29 is 18.3 Å². The lowest BCUT2D eigenvalue weighted by molar-refractivity contribution is -0.123. The highest BCUT2D eigenvalue weighted by molar-refractivity contribution is 5.77. The van der Waals surface area contributed by atoms with Crippen LogP contribution in [0, 0.1) is 12.7 Å². The van der Waals surface area contributed by atoms with Crippen LogP contribution in [0.15, 0.2) is 41.0 Å². The fourth-order valence-electron chi connectivity index (χ4n) is 1.53. The molecule has 1 N–H and O–H groups in total. The van der Waals surface area contributed by atoms with E-state index < -0.39 is 5.82 Å². The molecule has 100 valence electrons. The molecule has 2 rings (SSSR count). The van der Waals surface area contributed by atoms with Gasteiger partial charge in [-0.1, -0.05) is 12.1 Å². The van der Waals surface area contributed by atoms with Gasteiger partial charge in [0.1, 0.15) is 5.76 Å². The van der Waals surface area contributed by atoms with Crippen LogP contribution in [-0.2, 0) is 11.3 Å². The Morgan fingerprint density at radius 2 is 2.21 bits per heavy atom. The summed E-state index contributed by atoms with van der Waals surface area (Å²) in [4.78, 5) is 11.5. The Hall–Kier alpha value is -2.30. The summed E-state index contributed by atoms with van der Waals surface area (Å²) < 4.78 is 23.8. The molecule has 1 amide bonds. The second-order valence-electron chi connectivity index (χ2n) is 4.03. The molecule has 5 heteroatoms. The van der Waals surface area contributed by atoms with E-state index in [1.54, 1.807) is 31.2 Å². The lowest BCUT2D eigenvalue weighted by atomic mass is 10.2. The first-order valence-corrected chi connectivity index (χ1v) is 5.84. The number of hydrogen-bond acceptors (Lipinski definition) is 3. The summed E-state index contributed by atoms with van der Waals surface area (Å²) in [6.07, 6.45) is 1.53. The first-order chi connectivity index (χ1) is 9.16. The van der Waals surface area contributed by atoms with Gasteiger partial charge in [0.25, 0.3) is 5.91 Å². The average Bonchev–Trinajstić information content (AvgIpc) is 2.91. The summed E-state index contributed by atoms with van der Waals surface area (Å²) in [6.45, 7) is 1.69. The molecule has 0 bridgehead atoms. The second-order valence-corrected chi connectivity index (χ2v) is 4.03. The number of hydrogen-bond donors (Lipinski definition) is 1. The largest absolute Gasteiger partial charge is 0.481 e. The van der Waals surface area contributed by atoms with E-state index in [4.69, 9.17) is 9.15 Å². The fraction of sp³-hybridized carbons (Fsp3) is 0.214. The number of amides is 1. The zero-order valence-corrected chi connectivity index (χ0v) is 10.5. The molecular weight excluding hydrogens is 249 g/mol. The topological polar surface area (TPSA) is 51.5 Å². The standard InChI is InChI=1S/C14H14FNO3/c1-10-4-2-6-12(14(10)15)19-9-13(17)16-8-11-5-3-7-18-11/h2-7H,8-9H2,1H3,(H,16,17). The van der Waals surface area contributed by atoms with Crippen LogP contribution in [0.25, 0.3) is 0 Å². The summed E-state index contributed by atoms with van der Waals surface area (Å²) in [7, 11) is 0. The van der Waals surface area contributed by atoms with E-state index in [1.807, 2.05) is 0 Å². The van der Waals surface area contributed by atoms with E-state index in [2.05, 4.69) is 5.32 Å². The SMILES string of the molecule is Cc1cccc(OCC(=O)NCc2ccco2)c1F. The number of halogens is 1. The van der Waals surface area contributed by atoms with Gasteiger partial charge >= 0.3 is 0 Å². The van der Waals surface area contributed by atoms with Crippen molar-refractivity contribution in [3.63, 3.8) is 0 Å². The van der Waals surface area contributed by atoms with Crippen molar-refractivity contribution in [1.29, 1.82) is 0 Å². The predicted octanol–water partition coefficient (Wildman–Crippen LogP) is 2.42.